The van der Waals surface area contributed by atoms with Crippen LogP contribution in [0.4, 0.5) is 28.4 Å². The summed E-state index contributed by atoms with van der Waals surface area (Å²) in [5.41, 5.74) is 6.28. The van der Waals surface area contributed by atoms with Gasteiger partial charge in [-0.3, -0.25) is 28.9 Å². The molecule has 8 aromatic carbocycles. The maximum Gasteiger partial charge on any atom is 0.264 e. The Balaban J connectivity index is 0.898. The average molecular weight is 993 g/mol. The quantitative estimate of drug-likeness (QED) is 0.120. The van der Waals surface area contributed by atoms with Crippen LogP contribution in [0.2, 0.25) is 18.6 Å². The second kappa shape index (κ2) is 17.2. The van der Waals surface area contributed by atoms with Crippen molar-refractivity contribution < 1.29 is 29.0 Å². The lowest BCUT2D eigenvalue weighted by molar-refractivity contribution is -0.146. The lowest BCUT2D eigenvalue weighted by Gasteiger charge is -2.37. The van der Waals surface area contributed by atoms with E-state index in [0.717, 1.165) is 61.0 Å². The second-order valence-corrected chi connectivity index (χ2v) is 25.3. The Morgan fingerprint density at radius 3 is 1.95 bits per heavy atom. The van der Waals surface area contributed by atoms with E-state index in [0.29, 0.717) is 41.2 Å². The standard InChI is InChI=1S/C61H52N6O6Si/c1-37-57(74(3,4)45-29-27-44(72-2)28-30-45)53(32-33-64-36-49(62-63-64)56(68)41-12-6-5-7-13-41)73-61(37)48-34-43(67-52-21-11-17-40-15-9-19-47(55(40)52)59(67)70)26-31-50(48)65(60(61)71)35-38-22-24-42(25-23-38)66-51-20-10-16-39-14-8-18-46(54(39)51)58(66)69/h5-31,34,36-37,53,56-57,68H,32-33,35H2,1-4H3/t37-,53+,56+,57-,61+/m0/s1. The highest BCUT2D eigenvalue weighted by molar-refractivity contribution is 6.91. The van der Waals surface area contributed by atoms with Crippen LogP contribution in [0.5, 0.6) is 5.75 Å². The highest BCUT2D eigenvalue weighted by Gasteiger charge is 2.66. The Hall–Kier alpha value is -8.23. The van der Waals surface area contributed by atoms with Gasteiger partial charge in [0, 0.05) is 40.2 Å². The fourth-order valence-electron chi connectivity index (χ4n) is 12.8. The maximum atomic E-state index is 16.1. The summed E-state index contributed by atoms with van der Waals surface area (Å²) >= 11 is 0. The van der Waals surface area contributed by atoms with Crippen LogP contribution in [0, 0.1) is 5.92 Å². The predicted molar refractivity (Wildman–Crippen MR) is 290 cm³/mol. The summed E-state index contributed by atoms with van der Waals surface area (Å²) in [6.07, 6.45) is 0.933. The Bertz CT molecular complexity index is 3740. The first-order valence-corrected chi connectivity index (χ1v) is 28.3. The van der Waals surface area contributed by atoms with Gasteiger partial charge >= 0.3 is 0 Å². The van der Waals surface area contributed by atoms with Gasteiger partial charge in [-0.15, -0.1) is 5.10 Å². The van der Waals surface area contributed by atoms with Crippen LogP contribution in [0.1, 0.15) is 62.5 Å². The molecule has 5 heterocycles. The van der Waals surface area contributed by atoms with Crippen molar-refractivity contribution in [1.29, 1.82) is 0 Å². The van der Waals surface area contributed by atoms with Gasteiger partial charge in [0.1, 0.15) is 17.5 Å². The molecule has 4 aliphatic rings. The molecule has 4 aliphatic heterocycles. The van der Waals surface area contributed by atoms with Gasteiger partial charge in [-0.1, -0.05) is 134 Å². The fourth-order valence-corrected chi connectivity index (χ4v) is 16.8. The number of fused-ring (bicyclic) bond motifs is 2. The minimum absolute atomic E-state index is 0.0756. The average Bonchev–Trinajstić information content (AvgIpc) is 4.24. The summed E-state index contributed by atoms with van der Waals surface area (Å²) in [4.78, 5) is 49.9. The van der Waals surface area contributed by atoms with Crippen molar-refractivity contribution in [2.75, 3.05) is 21.8 Å². The highest BCUT2D eigenvalue weighted by Crippen LogP contribution is 2.61. The highest BCUT2D eigenvalue weighted by atomic mass is 28.3. The van der Waals surface area contributed by atoms with Crippen LogP contribution in [-0.2, 0) is 28.2 Å². The van der Waals surface area contributed by atoms with Crippen molar-refractivity contribution in [2.45, 2.75) is 62.9 Å². The van der Waals surface area contributed by atoms with Gasteiger partial charge in [-0.05, 0) is 101 Å². The summed E-state index contributed by atoms with van der Waals surface area (Å²) in [6, 6.07) is 55.1. The number of rotatable bonds is 12. The molecular formula is C61H52N6O6Si. The van der Waals surface area contributed by atoms with Gasteiger partial charge < -0.3 is 19.5 Å². The Labute approximate surface area is 429 Å². The molecule has 1 N–H and O–H groups in total. The smallest absolute Gasteiger partial charge is 0.264 e. The normalized spacial score (nSPS) is 20.2. The number of anilines is 5. The van der Waals surface area contributed by atoms with Crippen molar-refractivity contribution in [1.82, 2.24) is 15.0 Å². The lowest BCUT2D eigenvalue weighted by Crippen LogP contribution is -2.51. The SMILES string of the molecule is COc1ccc([Si](C)(C)[C@@H]2[C@@H](CCn3cc([C@H](O)c4ccccc4)nn3)O[C@]3(C(=O)N(Cc4ccc(N5C(=O)c6cccc7cccc5c67)cc4)c4ccc(N5C(=O)c6cccc7cccc5c67)cc43)[C@H]2C)cc1. The molecule has 1 spiro atoms. The van der Waals surface area contributed by atoms with Crippen molar-refractivity contribution in [2.24, 2.45) is 5.92 Å². The van der Waals surface area contributed by atoms with Crippen molar-refractivity contribution in [3.63, 3.8) is 0 Å². The summed E-state index contributed by atoms with van der Waals surface area (Å²) in [5, 5.41) is 25.1. The molecule has 74 heavy (non-hydrogen) atoms. The van der Waals surface area contributed by atoms with E-state index in [-0.39, 0.29) is 35.7 Å². The summed E-state index contributed by atoms with van der Waals surface area (Å²) < 4.78 is 15.0. The van der Waals surface area contributed by atoms with Gasteiger partial charge in [0.15, 0.2) is 5.60 Å². The molecule has 5 atom stereocenters. The fraction of sp³-hybridized carbons (Fsp3) is 0.197. The van der Waals surface area contributed by atoms with Gasteiger partial charge in [0.05, 0.1) is 62.2 Å². The number of hydrogen-bond donors (Lipinski definition) is 1. The molecular weight excluding hydrogens is 941 g/mol. The Morgan fingerprint density at radius 1 is 0.703 bits per heavy atom. The second-order valence-electron chi connectivity index (χ2n) is 20.6. The molecule has 0 aliphatic carbocycles. The first-order valence-electron chi connectivity index (χ1n) is 25.2. The van der Waals surface area contributed by atoms with E-state index >= 15 is 4.79 Å². The van der Waals surface area contributed by atoms with Gasteiger partial charge in [-0.2, -0.15) is 0 Å². The predicted octanol–water partition coefficient (Wildman–Crippen LogP) is 11.1. The number of carbonyl (C=O) groups is 3. The van der Waals surface area contributed by atoms with E-state index < -0.39 is 25.9 Å². The van der Waals surface area contributed by atoms with Crippen molar-refractivity contribution in [3.8, 4) is 5.75 Å². The molecule has 0 saturated carbocycles. The van der Waals surface area contributed by atoms with Crippen LogP contribution in [0.25, 0.3) is 21.5 Å². The molecule has 9 aromatic rings. The number of nitrogens with zero attached hydrogens (tertiary/aromatic N) is 6. The van der Waals surface area contributed by atoms with E-state index in [2.05, 4.69) is 42.5 Å². The number of aliphatic hydroxyl groups excluding tert-OH is 1. The molecule has 1 fully saturated rings. The number of hydrogen-bond acceptors (Lipinski definition) is 8. The molecule has 0 radical (unpaired) electrons. The van der Waals surface area contributed by atoms with E-state index in [1.54, 1.807) is 27.8 Å². The molecule has 12 nitrogen and oxygen atoms in total. The van der Waals surface area contributed by atoms with Crippen LogP contribution < -0.4 is 24.6 Å². The number of aryl methyl sites for hydroxylation is 1. The molecule has 13 heteroatoms. The van der Waals surface area contributed by atoms with E-state index in [1.165, 1.54) is 5.19 Å². The molecule has 366 valence electrons. The number of aliphatic hydroxyl groups is 1. The van der Waals surface area contributed by atoms with Crippen LogP contribution in [0.15, 0.2) is 176 Å². The number of ether oxygens (including phenoxy) is 2. The number of amides is 3. The molecule has 0 bridgehead atoms. The zero-order valence-electron chi connectivity index (χ0n) is 41.3. The lowest BCUT2D eigenvalue weighted by atomic mass is 9.82. The summed E-state index contributed by atoms with van der Waals surface area (Å²) in [7, 11) is -0.902. The van der Waals surface area contributed by atoms with Gasteiger partial charge in [0.2, 0.25) is 0 Å². The minimum atomic E-state index is -2.57. The first kappa shape index (κ1) is 45.6. The monoisotopic (exact) mass is 992 g/mol. The summed E-state index contributed by atoms with van der Waals surface area (Å²) in [6.45, 7) is 7.54. The van der Waals surface area contributed by atoms with Gasteiger partial charge in [0.25, 0.3) is 17.7 Å². The number of aromatic nitrogens is 3. The Morgan fingerprint density at radius 2 is 1.31 bits per heavy atom. The third-order valence-corrected chi connectivity index (χ3v) is 20.7. The number of methoxy groups -OCH3 is 1. The summed E-state index contributed by atoms with van der Waals surface area (Å²) in [5.74, 6) is 0.0564. The largest absolute Gasteiger partial charge is 0.497 e. The van der Waals surface area contributed by atoms with E-state index in [4.69, 9.17) is 9.47 Å². The van der Waals surface area contributed by atoms with E-state index in [1.807, 2.05) is 163 Å². The van der Waals surface area contributed by atoms with Gasteiger partial charge in [-0.25, -0.2) is 0 Å². The third-order valence-electron chi connectivity index (χ3n) is 16.3. The van der Waals surface area contributed by atoms with E-state index in [9.17, 15) is 14.7 Å². The van der Waals surface area contributed by atoms with Crippen molar-refractivity contribution in [3.05, 3.63) is 210 Å². The minimum Gasteiger partial charge on any atom is -0.497 e. The third kappa shape index (κ3) is 6.83. The zero-order valence-corrected chi connectivity index (χ0v) is 42.3. The van der Waals surface area contributed by atoms with Crippen LogP contribution in [0.3, 0.4) is 0 Å². The Kier molecular flexibility index (Phi) is 10.6. The number of carbonyl (C=O) groups excluding carboxylic acids is 3. The topological polar surface area (TPSA) is 130 Å². The van der Waals surface area contributed by atoms with Crippen LogP contribution >= 0.6 is 0 Å². The molecule has 3 amide bonds. The molecule has 13 rings (SSSR count). The first-order chi connectivity index (χ1) is 36.0. The van der Waals surface area contributed by atoms with Crippen molar-refractivity contribution >= 4 is 81.0 Å². The zero-order chi connectivity index (χ0) is 50.6. The molecule has 0 unspecified atom stereocenters. The maximum absolute atomic E-state index is 16.1. The molecule has 1 saturated heterocycles. The molecule has 1 aromatic heterocycles. The number of benzene rings is 8. The van der Waals surface area contributed by atoms with Crippen LogP contribution in [-0.4, -0.2) is 59.1 Å².